The number of halogens is 1. The third kappa shape index (κ3) is 4.99. The molecule has 0 aromatic heterocycles. The minimum atomic E-state index is -0.366. The molecule has 0 aliphatic rings. The molecule has 0 amide bonds. The highest BCUT2D eigenvalue weighted by molar-refractivity contribution is 6.31. The molecule has 1 aromatic carbocycles. The van der Waals surface area contributed by atoms with Gasteiger partial charge in [0.25, 0.3) is 0 Å². The Morgan fingerprint density at radius 1 is 1.11 bits per heavy atom. The van der Waals surface area contributed by atoms with Crippen LogP contribution in [0, 0.1) is 6.92 Å². The molecule has 1 rings (SSSR count). The van der Waals surface area contributed by atoms with Gasteiger partial charge in [0.15, 0.2) is 0 Å². The van der Waals surface area contributed by atoms with Crippen LogP contribution in [0.2, 0.25) is 5.02 Å². The van der Waals surface area contributed by atoms with Crippen LogP contribution in [0.1, 0.15) is 69.1 Å². The summed E-state index contributed by atoms with van der Waals surface area (Å²) in [6.45, 7) is 4.20. The smallest absolute Gasteiger partial charge is 0.0793 e. The normalized spacial score (nSPS) is 12.7. The van der Waals surface area contributed by atoms with Crippen molar-refractivity contribution in [3.63, 3.8) is 0 Å². The summed E-state index contributed by atoms with van der Waals surface area (Å²) >= 11 is 6.07. The van der Waals surface area contributed by atoms with Gasteiger partial charge in [-0.25, -0.2) is 0 Å². The lowest BCUT2D eigenvalue weighted by Gasteiger charge is -2.14. The Kier molecular flexibility index (Phi) is 7.38. The fraction of sp³-hybridized carbons (Fsp3) is 0.625. The largest absolute Gasteiger partial charge is 0.388 e. The molecule has 1 aromatic rings. The van der Waals surface area contributed by atoms with Crippen molar-refractivity contribution in [1.29, 1.82) is 0 Å². The lowest BCUT2D eigenvalue weighted by atomic mass is 9.98. The van der Waals surface area contributed by atoms with E-state index in [-0.39, 0.29) is 6.10 Å². The first-order chi connectivity index (χ1) is 8.66. The van der Waals surface area contributed by atoms with Crippen molar-refractivity contribution in [2.24, 2.45) is 0 Å². The highest BCUT2D eigenvalue weighted by Gasteiger charge is 2.11. The standard InChI is InChI=1S/C16H25ClO/c1-3-4-5-6-7-8-12-16(18)14-10-9-11-15(17)13(14)2/h9-11,16,18H,3-8,12H2,1-2H3. The van der Waals surface area contributed by atoms with E-state index in [1.165, 1.54) is 32.1 Å². The maximum atomic E-state index is 10.2. The van der Waals surface area contributed by atoms with E-state index in [1.54, 1.807) is 0 Å². The molecular weight excluding hydrogens is 244 g/mol. The Balaban J connectivity index is 2.32. The van der Waals surface area contributed by atoms with E-state index in [2.05, 4.69) is 6.92 Å². The Hall–Kier alpha value is -0.530. The second-order valence-corrected chi connectivity index (χ2v) is 5.43. The molecule has 102 valence electrons. The lowest BCUT2D eigenvalue weighted by Crippen LogP contribution is -2.00. The molecule has 0 aliphatic carbocycles. The fourth-order valence-corrected chi connectivity index (χ4v) is 2.44. The molecule has 1 N–H and O–H groups in total. The van der Waals surface area contributed by atoms with Gasteiger partial charge in [-0.15, -0.1) is 0 Å². The molecule has 18 heavy (non-hydrogen) atoms. The van der Waals surface area contributed by atoms with E-state index in [0.29, 0.717) is 0 Å². The van der Waals surface area contributed by atoms with Crippen molar-refractivity contribution in [2.75, 3.05) is 0 Å². The highest BCUT2D eigenvalue weighted by Crippen LogP contribution is 2.27. The van der Waals surface area contributed by atoms with Gasteiger partial charge in [-0.3, -0.25) is 0 Å². The zero-order valence-corrected chi connectivity index (χ0v) is 12.3. The molecule has 0 saturated heterocycles. The van der Waals surface area contributed by atoms with Crippen LogP contribution in [-0.2, 0) is 0 Å². The topological polar surface area (TPSA) is 20.2 Å². The van der Waals surface area contributed by atoms with Crippen molar-refractivity contribution in [1.82, 2.24) is 0 Å². The zero-order valence-electron chi connectivity index (χ0n) is 11.6. The number of aliphatic hydroxyl groups excluding tert-OH is 1. The molecule has 0 saturated carbocycles. The van der Waals surface area contributed by atoms with Crippen LogP contribution in [-0.4, -0.2) is 5.11 Å². The summed E-state index contributed by atoms with van der Waals surface area (Å²) in [5, 5.41) is 10.9. The van der Waals surface area contributed by atoms with Crippen LogP contribution >= 0.6 is 11.6 Å². The summed E-state index contributed by atoms with van der Waals surface area (Å²) in [6.07, 6.45) is 8.01. The van der Waals surface area contributed by atoms with E-state index >= 15 is 0 Å². The van der Waals surface area contributed by atoms with Gasteiger partial charge in [0.05, 0.1) is 6.10 Å². The van der Waals surface area contributed by atoms with Gasteiger partial charge in [-0.05, 0) is 30.5 Å². The molecule has 1 unspecified atom stereocenters. The monoisotopic (exact) mass is 268 g/mol. The third-order valence-corrected chi connectivity index (χ3v) is 3.91. The average Bonchev–Trinajstić information content (AvgIpc) is 2.36. The average molecular weight is 269 g/mol. The highest BCUT2D eigenvalue weighted by atomic mass is 35.5. The molecular formula is C16H25ClO. The van der Waals surface area contributed by atoms with Crippen molar-refractivity contribution in [3.8, 4) is 0 Å². The van der Waals surface area contributed by atoms with Gasteiger partial charge in [0, 0.05) is 5.02 Å². The molecule has 0 heterocycles. The number of rotatable bonds is 8. The van der Waals surface area contributed by atoms with E-state index in [4.69, 9.17) is 11.6 Å². The maximum absolute atomic E-state index is 10.2. The van der Waals surface area contributed by atoms with Crippen molar-refractivity contribution >= 4 is 11.6 Å². The summed E-state index contributed by atoms with van der Waals surface area (Å²) in [6, 6.07) is 5.76. The number of aliphatic hydroxyl groups is 1. The molecule has 0 bridgehead atoms. The molecule has 2 heteroatoms. The van der Waals surface area contributed by atoms with Gasteiger partial charge in [-0.2, -0.15) is 0 Å². The van der Waals surface area contributed by atoms with Crippen LogP contribution < -0.4 is 0 Å². The summed E-state index contributed by atoms with van der Waals surface area (Å²) in [5.74, 6) is 0. The summed E-state index contributed by atoms with van der Waals surface area (Å²) in [4.78, 5) is 0. The van der Waals surface area contributed by atoms with E-state index in [9.17, 15) is 5.11 Å². The van der Waals surface area contributed by atoms with Crippen LogP contribution in [0.4, 0.5) is 0 Å². The second kappa shape index (κ2) is 8.55. The Morgan fingerprint density at radius 3 is 2.50 bits per heavy atom. The van der Waals surface area contributed by atoms with Crippen molar-refractivity contribution < 1.29 is 5.11 Å². The third-order valence-electron chi connectivity index (χ3n) is 3.50. The first kappa shape index (κ1) is 15.5. The zero-order chi connectivity index (χ0) is 13.4. The molecule has 0 fully saturated rings. The van der Waals surface area contributed by atoms with Crippen LogP contribution in [0.25, 0.3) is 0 Å². The molecule has 1 nitrogen and oxygen atoms in total. The Bertz CT molecular complexity index is 349. The molecule has 1 atom stereocenters. The first-order valence-corrected chi connectivity index (χ1v) is 7.47. The van der Waals surface area contributed by atoms with Gasteiger partial charge in [-0.1, -0.05) is 69.2 Å². The first-order valence-electron chi connectivity index (χ1n) is 7.10. The fourth-order valence-electron chi connectivity index (χ4n) is 2.26. The van der Waals surface area contributed by atoms with Crippen LogP contribution in [0.5, 0.6) is 0 Å². The predicted octanol–water partition coefficient (Wildman–Crippen LogP) is 5.43. The Labute approximate surface area is 116 Å². The molecule has 0 spiro atoms. The van der Waals surface area contributed by atoms with Gasteiger partial charge >= 0.3 is 0 Å². The van der Waals surface area contributed by atoms with Gasteiger partial charge in [0.1, 0.15) is 0 Å². The molecule has 0 aliphatic heterocycles. The summed E-state index contributed by atoms with van der Waals surface area (Å²) < 4.78 is 0. The van der Waals surface area contributed by atoms with E-state index in [0.717, 1.165) is 29.0 Å². The van der Waals surface area contributed by atoms with Gasteiger partial charge in [0.2, 0.25) is 0 Å². The summed E-state index contributed by atoms with van der Waals surface area (Å²) in [5.41, 5.74) is 1.99. The number of unbranched alkanes of at least 4 members (excludes halogenated alkanes) is 5. The Morgan fingerprint density at radius 2 is 1.78 bits per heavy atom. The quantitative estimate of drug-likeness (QED) is 0.623. The van der Waals surface area contributed by atoms with E-state index in [1.807, 2.05) is 25.1 Å². The van der Waals surface area contributed by atoms with Crippen molar-refractivity contribution in [2.45, 2.75) is 64.9 Å². The summed E-state index contributed by atoms with van der Waals surface area (Å²) in [7, 11) is 0. The SMILES string of the molecule is CCCCCCCCC(O)c1cccc(Cl)c1C. The number of hydrogen-bond acceptors (Lipinski definition) is 1. The second-order valence-electron chi connectivity index (χ2n) is 5.03. The molecule has 0 radical (unpaired) electrons. The van der Waals surface area contributed by atoms with Crippen LogP contribution in [0.3, 0.4) is 0 Å². The van der Waals surface area contributed by atoms with E-state index < -0.39 is 0 Å². The predicted molar refractivity (Wildman–Crippen MR) is 79.1 cm³/mol. The van der Waals surface area contributed by atoms with Crippen LogP contribution in [0.15, 0.2) is 18.2 Å². The minimum Gasteiger partial charge on any atom is -0.388 e. The number of hydrogen-bond donors (Lipinski definition) is 1. The number of benzene rings is 1. The maximum Gasteiger partial charge on any atom is 0.0793 e. The minimum absolute atomic E-state index is 0.366. The van der Waals surface area contributed by atoms with Crippen molar-refractivity contribution in [3.05, 3.63) is 34.3 Å². The lowest BCUT2D eigenvalue weighted by molar-refractivity contribution is 0.162. The van der Waals surface area contributed by atoms with Gasteiger partial charge < -0.3 is 5.11 Å².